The first-order valence-electron chi connectivity index (χ1n) is 11.3. The molecule has 7 unspecified atom stereocenters. The molecule has 0 bridgehead atoms. The Bertz CT molecular complexity index is 780. The lowest BCUT2D eigenvalue weighted by Gasteiger charge is -2.44. The van der Waals surface area contributed by atoms with Crippen LogP contribution < -0.4 is 5.32 Å². The highest BCUT2D eigenvalue weighted by Crippen LogP contribution is 2.55. The molecule has 1 saturated heterocycles. The summed E-state index contributed by atoms with van der Waals surface area (Å²) in [6.45, 7) is 10.5. The van der Waals surface area contributed by atoms with Gasteiger partial charge >= 0.3 is 0 Å². The van der Waals surface area contributed by atoms with Crippen molar-refractivity contribution < 1.29 is 19.8 Å². The van der Waals surface area contributed by atoms with Crippen molar-refractivity contribution in [3.8, 4) is 0 Å². The number of rotatable bonds is 3. The van der Waals surface area contributed by atoms with Crippen molar-refractivity contribution in [2.24, 2.45) is 35.0 Å². The van der Waals surface area contributed by atoms with E-state index in [1.54, 1.807) is 0 Å². The number of hydrogen-bond acceptors (Lipinski definition) is 4. The maximum Gasteiger partial charge on any atom is 0.235 e. The Hall–Kier alpha value is -1.72. The highest BCUT2D eigenvalue weighted by molar-refractivity contribution is 6.13. The summed E-state index contributed by atoms with van der Waals surface area (Å²) in [7, 11) is 0. The third kappa shape index (κ3) is 3.94. The Morgan fingerprint density at radius 3 is 2.57 bits per heavy atom. The number of carbonyl (C=O) groups excluding carboxylic acids is 2. The summed E-state index contributed by atoms with van der Waals surface area (Å²) in [5.41, 5.74) is 1.06. The Morgan fingerprint density at radius 1 is 1.23 bits per heavy atom. The minimum Gasteiger partial charge on any atom is -0.396 e. The highest BCUT2D eigenvalue weighted by Gasteiger charge is 2.64. The molecule has 3 rings (SSSR count). The molecule has 5 heteroatoms. The summed E-state index contributed by atoms with van der Waals surface area (Å²) >= 11 is 0. The molecule has 2 aliphatic carbocycles. The molecule has 5 nitrogen and oxygen atoms in total. The monoisotopic (exact) mass is 415 g/mol. The summed E-state index contributed by atoms with van der Waals surface area (Å²) < 4.78 is 0. The third-order valence-corrected chi connectivity index (χ3v) is 7.39. The second-order valence-electron chi connectivity index (χ2n) is 10.1. The van der Waals surface area contributed by atoms with Crippen LogP contribution in [-0.4, -0.2) is 40.7 Å². The zero-order valence-corrected chi connectivity index (χ0v) is 18.9. The van der Waals surface area contributed by atoms with E-state index in [9.17, 15) is 19.8 Å². The first kappa shape index (κ1) is 23.0. The molecule has 0 aromatic rings. The van der Waals surface area contributed by atoms with Crippen molar-refractivity contribution in [1.29, 1.82) is 0 Å². The molecule has 0 aromatic heterocycles. The lowest BCUT2D eigenvalue weighted by molar-refractivity contribution is -0.142. The van der Waals surface area contributed by atoms with Gasteiger partial charge in [-0.3, -0.25) is 9.59 Å². The predicted molar refractivity (Wildman–Crippen MR) is 117 cm³/mol. The fourth-order valence-electron chi connectivity index (χ4n) is 5.95. The van der Waals surface area contributed by atoms with Gasteiger partial charge in [0.1, 0.15) is 5.41 Å². The van der Waals surface area contributed by atoms with Crippen LogP contribution in [0.15, 0.2) is 35.5 Å². The average molecular weight is 416 g/mol. The SMILES string of the molecule is CC1=CC2C=C(C)C(C)C3C(CC(C)C)NC(=O)C23C(=O)C=CC(O)CC(CO)C1. The van der Waals surface area contributed by atoms with Gasteiger partial charge < -0.3 is 15.5 Å². The van der Waals surface area contributed by atoms with Crippen molar-refractivity contribution in [3.05, 3.63) is 35.5 Å². The largest absolute Gasteiger partial charge is 0.396 e. The zero-order valence-electron chi connectivity index (χ0n) is 18.9. The minimum absolute atomic E-state index is 0.0225. The van der Waals surface area contributed by atoms with Gasteiger partial charge in [-0.2, -0.15) is 0 Å². The molecule has 166 valence electrons. The molecule has 1 aliphatic heterocycles. The molecule has 0 aromatic carbocycles. The Kier molecular flexibility index (Phi) is 6.73. The average Bonchev–Trinajstić information content (AvgIpc) is 2.94. The van der Waals surface area contributed by atoms with E-state index in [0.29, 0.717) is 18.8 Å². The Morgan fingerprint density at radius 2 is 1.93 bits per heavy atom. The van der Waals surface area contributed by atoms with Gasteiger partial charge in [-0.1, -0.05) is 50.1 Å². The van der Waals surface area contributed by atoms with E-state index < -0.39 is 11.5 Å². The molecular weight excluding hydrogens is 378 g/mol. The first-order valence-corrected chi connectivity index (χ1v) is 11.3. The van der Waals surface area contributed by atoms with Gasteiger partial charge in [0.25, 0.3) is 0 Å². The maximum atomic E-state index is 13.7. The van der Waals surface area contributed by atoms with E-state index in [2.05, 4.69) is 45.2 Å². The van der Waals surface area contributed by atoms with Crippen LogP contribution in [0.3, 0.4) is 0 Å². The van der Waals surface area contributed by atoms with Gasteiger partial charge in [0.05, 0.1) is 6.10 Å². The van der Waals surface area contributed by atoms with Crippen LogP contribution in [0, 0.1) is 35.0 Å². The number of aliphatic hydroxyl groups excluding tert-OH is 2. The molecule has 0 saturated carbocycles. The van der Waals surface area contributed by atoms with Crippen molar-refractivity contribution in [2.45, 2.75) is 66.0 Å². The Balaban J connectivity index is 2.19. The number of nitrogens with one attached hydrogen (secondary N) is 1. The highest BCUT2D eigenvalue weighted by atomic mass is 16.3. The molecule has 0 radical (unpaired) electrons. The van der Waals surface area contributed by atoms with Gasteiger partial charge in [-0.05, 0) is 56.9 Å². The van der Waals surface area contributed by atoms with Crippen LogP contribution in [0.2, 0.25) is 0 Å². The topological polar surface area (TPSA) is 86.6 Å². The van der Waals surface area contributed by atoms with Crippen LogP contribution in [0.1, 0.15) is 53.9 Å². The number of hydrogen-bond donors (Lipinski definition) is 3. The molecule has 3 aliphatic rings. The molecule has 30 heavy (non-hydrogen) atoms. The van der Waals surface area contributed by atoms with E-state index in [1.807, 2.05) is 6.92 Å². The maximum absolute atomic E-state index is 13.7. The lowest BCUT2D eigenvalue weighted by atomic mass is 9.55. The third-order valence-electron chi connectivity index (χ3n) is 7.39. The van der Waals surface area contributed by atoms with Crippen molar-refractivity contribution in [3.63, 3.8) is 0 Å². The second-order valence-corrected chi connectivity index (χ2v) is 10.1. The number of aliphatic hydroxyl groups is 2. The summed E-state index contributed by atoms with van der Waals surface area (Å²) in [6.07, 6.45) is 8.12. The quantitative estimate of drug-likeness (QED) is 0.488. The van der Waals surface area contributed by atoms with Crippen LogP contribution in [-0.2, 0) is 9.59 Å². The summed E-state index contributed by atoms with van der Waals surface area (Å²) in [4.78, 5) is 27.3. The molecule has 1 amide bonds. The van der Waals surface area contributed by atoms with Crippen LogP contribution in [0.4, 0.5) is 0 Å². The molecular formula is C25H37NO4. The predicted octanol–water partition coefficient (Wildman–Crippen LogP) is 3.18. The molecule has 7 atom stereocenters. The van der Waals surface area contributed by atoms with E-state index in [-0.39, 0.29) is 48.0 Å². The van der Waals surface area contributed by atoms with Crippen LogP contribution in [0.5, 0.6) is 0 Å². The van der Waals surface area contributed by atoms with Gasteiger partial charge in [0.15, 0.2) is 5.78 Å². The summed E-state index contributed by atoms with van der Waals surface area (Å²) in [5, 5.41) is 23.3. The molecule has 3 N–H and O–H groups in total. The standard InChI is InChI=1S/C25H37NO4/c1-14(2)8-21-23-17(5)16(4)11-19-10-15(3)9-18(13-27)12-20(28)6-7-22(29)25(19,23)24(30)26-21/h6-7,10-11,14,17-21,23,27-28H,8-9,12-13H2,1-5H3,(H,26,30). The fraction of sp³-hybridized carbons (Fsp3) is 0.680. The number of allylic oxidation sites excluding steroid dienone is 5. The van der Waals surface area contributed by atoms with Crippen molar-refractivity contribution in [1.82, 2.24) is 5.32 Å². The molecule has 1 fully saturated rings. The second kappa shape index (κ2) is 8.80. The fourth-order valence-corrected chi connectivity index (χ4v) is 5.95. The smallest absolute Gasteiger partial charge is 0.235 e. The van der Waals surface area contributed by atoms with E-state index in [1.165, 1.54) is 17.7 Å². The minimum atomic E-state index is -1.19. The summed E-state index contributed by atoms with van der Waals surface area (Å²) in [6, 6.07) is -0.0510. The molecule has 1 spiro atoms. The van der Waals surface area contributed by atoms with E-state index in [4.69, 9.17) is 0 Å². The van der Waals surface area contributed by atoms with E-state index >= 15 is 0 Å². The van der Waals surface area contributed by atoms with E-state index in [0.717, 1.165) is 12.0 Å². The lowest BCUT2D eigenvalue weighted by Crippen LogP contribution is -2.51. The van der Waals surface area contributed by atoms with Gasteiger partial charge in [0.2, 0.25) is 5.91 Å². The van der Waals surface area contributed by atoms with Crippen LogP contribution >= 0.6 is 0 Å². The molecule has 1 heterocycles. The van der Waals surface area contributed by atoms with Crippen molar-refractivity contribution in [2.75, 3.05) is 6.61 Å². The van der Waals surface area contributed by atoms with Crippen LogP contribution in [0.25, 0.3) is 0 Å². The summed E-state index contributed by atoms with van der Waals surface area (Å²) in [5.74, 6) is -0.445. The number of ketones is 1. The Labute approximate surface area is 180 Å². The van der Waals surface area contributed by atoms with Gasteiger partial charge in [-0.15, -0.1) is 0 Å². The normalized spacial score (nSPS) is 39.6. The zero-order chi connectivity index (χ0) is 22.2. The first-order chi connectivity index (χ1) is 14.1. The number of amides is 1. The van der Waals surface area contributed by atoms with Gasteiger partial charge in [-0.25, -0.2) is 0 Å². The van der Waals surface area contributed by atoms with Crippen molar-refractivity contribution >= 4 is 11.7 Å². The van der Waals surface area contributed by atoms with Gasteiger partial charge in [0, 0.05) is 24.5 Å². The number of carbonyl (C=O) groups is 2.